The number of pyridine rings is 2. The Balaban J connectivity index is 1.72. The van der Waals surface area contributed by atoms with Gasteiger partial charge in [0.2, 0.25) is 5.88 Å². The molecule has 2 N–H and O–H groups in total. The van der Waals surface area contributed by atoms with Gasteiger partial charge >= 0.3 is 6.61 Å². The zero-order valence-corrected chi connectivity index (χ0v) is 25.2. The van der Waals surface area contributed by atoms with E-state index in [-0.39, 0.29) is 47.8 Å². The Hall–Kier alpha value is -4.39. The Bertz CT molecular complexity index is 1570. The fourth-order valence-corrected chi connectivity index (χ4v) is 4.65. The molecule has 13 heteroatoms. The lowest BCUT2D eigenvalue weighted by Gasteiger charge is -2.34. The quantitative estimate of drug-likeness (QED) is 0.306. The van der Waals surface area contributed by atoms with Crippen LogP contribution >= 0.6 is 0 Å². The summed E-state index contributed by atoms with van der Waals surface area (Å²) in [4.78, 5) is 45.2. The highest BCUT2D eigenvalue weighted by Gasteiger charge is 2.32. The number of nitrogens with zero attached hydrogens (tertiary/aromatic N) is 3. The van der Waals surface area contributed by atoms with Crippen molar-refractivity contribution in [3.05, 3.63) is 69.6 Å². The Morgan fingerprint density at radius 1 is 1.05 bits per heavy atom. The van der Waals surface area contributed by atoms with Crippen LogP contribution in [0.1, 0.15) is 54.0 Å². The number of benzene rings is 1. The molecule has 1 aliphatic rings. The predicted molar refractivity (Wildman–Crippen MR) is 159 cm³/mol. The van der Waals surface area contributed by atoms with E-state index in [1.165, 1.54) is 45.9 Å². The number of aromatic nitrogens is 2. The zero-order valence-electron chi connectivity index (χ0n) is 25.2. The molecular formula is C31H36F3N5O5. The minimum Gasteiger partial charge on any atom is -0.475 e. The van der Waals surface area contributed by atoms with E-state index < -0.39 is 30.2 Å². The standard InChI is InChI=1S/C31H36F3N5O5/c1-17(2)12-35-13-19-8-25(29(41)38(5)14-19)28(40)37-26-9-20(10-27(36-26)43-18(3)4)23-7-6-22(44-31(33)34)11-24(23)30(42)39-15-21(32)16-39/h6-11,14,17-18,21,31,35H,12-13,15-16H2,1-5H3,(H,36,37,40). The normalized spacial score (nSPS) is 13.4. The van der Waals surface area contributed by atoms with Crippen molar-refractivity contribution in [2.75, 3.05) is 25.0 Å². The molecule has 0 spiro atoms. The van der Waals surface area contributed by atoms with Crippen LogP contribution in [0.4, 0.5) is 19.0 Å². The molecule has 1 fully saturated rings. The number of likely N-dealkylation sites (tertiary alicyclic amines) is 1. The fourth-order valence-electron chi connectivity index (χ4n) is 4.65. The van der Waals surface area contributed by atoms with E-state index in [9.17, 15) is 27.6 Å². The summed E-state index contributed by atoms with van der Waals surface area (Å²) in [6, 6.07) is 8.38. The van der Waals surface area contributed by atoms with Gasteiger partial charge in [0.1, 0.15) is 23.3 Å². The Morgan fingerprint density at radius 2 is 1.77 bits per heavy atom. The van der Waals surface area contributed by atoms with Gasteiger partial charge in [-0.15, -0.1) is 0 Å². The lowest BCUT2D eigenvalue weighted by atomic mass is 9.97. The molecule has 3 aromatic rings. The third-order valence-corrected chi connectivity index (χ3v) is 6.65. The molecule has 2 aromatic heterocycles. The summed E-state index contributed by atoms with van der Waals surface area (Å²) >= 11 is 0. The maximum atomic E-state index is 13.6. The Morgan fingerprint density at radius 3 is 2.41 bits per heavy atom. The third-order valence-electron chi connectivity index (χ3n) is 6.65. The molecule has 1 saturated heterocycles. The number of nitrogens with one attached hydrogen (secondary N) is 2. The highest BCUT2D eigenvalue weighted by atomic mass is 19.3. The summed E-state index contributed by atoms with van der Waals surface area (Å²) in [6.07, 6.45) is 0.173. The lowest BCUT2D eigenvalue weighted by Crippen LogP contribution is -2.51. The molecular weight excluding hydrogens is 579 g/mol. The van der Waals surface area contributed by atoms with Gasteiger partial charge in [-0.05, 0) is 73.3 Å². The topological polar surface area (TPSA) is 115 Å². The highest BCUT2D eigenvalue weighted by molar-refractivity contribution is 6.05. The van der Waals surface area contributed by atoms with Crippen LogP contribution < -0.4 is 25.7 Å². The molecule has 3 heterocycles. The van der Waals surface area contributed by atoms with Crippen molar-refractivity contribution in [1.29, 1.82) is 0 Å². The van der Waals surface area contributed by atoms with Crippen LogP contribution in [0.2, 0.25) is 0 Å². The zero-order chi connectivity index (χ0) is 32.1. The van der Waals surface area contributed by atoms with Crippen molar-refractivity contribution >= 4 is 17.6 Å². The average Bonchev–Trinajstić information content (AvgIpc) is 2.91. The number of ether oxygens (including phenoxy) is 2. The number of aryl methyl sites for hydroxylation is 1. The van der Waals surface area contributed by atoms with E-state index in [0.717, 1.165) is 12.1 Å². The van der Waals surface area contributed by atoms with Crippen molar-refractivity contribution in [3.63, 3.8) is 0 Å². The predicted octanol–water partition coefficient (Wildman–Crippen LogP) is 4.63. The van der Waals surface area contributed by atoms with Gasteiger partial charge in [-0.1, -0.05) is 13.8 Å². The number of carbonyl (C=O) groups excluding carboxylic acids is 2. The van der Waals surface area contributed by atoms with Gasteiger partial charge in [-0.25, -0.2) is 4.39 Å². The van der Waals surface area contributed by atoms with Crippen LogP contribution in [-0.4, -0.2) is 64.8 Å². The number of amides is 2. The smallest absolute Gasteiger partial charge is 0.387 e. The van der Waals surface area contributed by atoms with Gasteiger partial charge in [0, 0.05) is 25.9 Å². The second-order valence-electron chi connectivity index (χ2n) is 11.3. The summed E-state index contributed by atoms with van der Waals surface area (Å²) in [5.74, 6) is -0.985. The van der Waals surface area contributed by atoms with E-state index in [1.807, 2.05) is 0 Å². The summed E-state index contributed by atoms with van der Waals surface area (Å²) < 4.78 is 51.1. The second kappa shape index (κ2) is 13.9. The van der Waals surface area contributed by atoms with Crippen molar-refractivity contribution in [3.8, 4) is 22.8 Å². The molecule has 1 aliphatic heterocycles. The van der Waals surface area contributed by atoms with E-state index in [0.29, 0.717) is 23.6 Å². The molecule has 0 saturated carbocycles. The van der Waals surface area contributed by atoms with Gasteiger partial charge in [0.15, 0.2) is 0 Å². The molecule has 2 amide bonds. The minimum atomic E-state index is -3.12. The molecule has 4 rings (SSSR count). The number of anilines is 1. The first kappa shape index (κ1) is 32.5. The molecule has 0 bridgehead atoms. The number of hydrogen-bond acceptors (Lipinski definition) is 7. The first-order valence-corrected chi connectivity index (χ1v) is 14.2. The van der Waals surface area contributed by atoms with E-state index in [2.05, 4.69) is 34.2 Å². The summed E-state index contributed by atoms with van der Waals surface area (Å²) in [7, 11) is 1.56. The van der Waals surface area contributed by atoms with E-state index in [4.69, 9.17) is 4.74 Å². The lowest BCUT2D eigenvalue weighted by molar-refractivity contribution is -0.0499. The van der Waals surface area contributed by atoms with Crippen LogP contribution in [0.5, 0.6) is 11.6 Å². The molecule has 0 unspecified atom stereocenters. The van der Waals surface area contributed by atoms with Crippen LogP contribution in [0, 0.1) is 5.92 Å². The van der Waals surface area contributed by atoms with Crippen molar-refractivity contribution < 1.29 is 32.2 Å². The Kier molecular flexibility index (Phi) is 10.3. The third kappa shape index (κ3) is 8.16. The van der Waals surface area contributed by atoms with Gasteiger partial charge in [0.05, 0.1) is 24.8 Å². The summed E-state index contributed by atoms with van der Waals surface area (Å²) in [6.45, 7) is 5.53. The number of carbonyl (C=O) groups is 2. The summed E-state index contributed by atoms with van der Waals surface area (Å²) in [5.41, 5.74) is 0.768. The van der Waals surface area contributed by atoms with Crippen LogP contribution in [0.3, 0.4) is 0 Å². The maximum Gasteiger partial charge on any atom is 0.387 e. The maximum absolute atomic E-state index is 13.6. The van der Waals surface area contributed by atoms with E-state index in [1.54, 1.807) is 27.1 Å². The van der Waals surface area contributed by atoms with E-state index >= 15 is 0 Å². The first-order valence-electron chi connectivity index (χ1n) is 14.2. The molecule has 10 nitrogen and oxygen atoms in total. The van der Waals surface area contributed by atoms with Crippen LogP contribution in [-0.2, 0) is 13.6 Å². The van der Waals surface area contributed by atoms with Gasteiger partial charge in [0.25, 0.3) is 17.4 Å². The highest BCUT2D eigenvalue weighted by Crippen LogP contribution is 2.33. The summed E-state index contributed by atoms with van der Waals surface area (Å²) in [5, 5.41) is 5.94. The molecule has 0 aliphatic carbocycles. The molecule has 0 atom stereocenters. The minimum absolute atomic E-state index is 0.00973. The number of hydrogen-bond donors (Lipinski definition) is 2. The van der Waals surface area contributed by atoms with Crippen molar-refractivity contribution in [1.82, 2.24) is 19.8 Å². The molecule has 0 radical (unpaired) electrons. The molecule has 44 heavy (non-hydrogen) atoms. The monoisotopic (exact) mass is 615 g/mol. The van der Waals surface area contributed by atoms with Crippen LogP contribution in [0.15, 0.2) is 47.4 Å². The van der Waals surface area contributed by atoms with Gasteiger partial charge < -0.3 is 29.6 Å². The number of rotatable bonds is 12. The van der Waals surface area contributed by atoms with Crippen molar-refractivity contribution in [2.45, 2.75) is 53.1 Å². The molecule has 1 aromatic carbocycles. The SMILES string of the molecule is CC(C)CNCc1cc(C(=O)Nc2cc(-c3ccc(OC(F)F)cc3C(=O)N3CC(F)C3)cc(OC(C)C)n2)c(=O)n(C)c1. The number of alkyl halides is 3. The fraction of sp³-hybridized carbons (Fsp3) is 0.419. The van der Waals surface area contributed by atoms with Crippen molar-refractivity contribution in [2.24, 2.45) is 13.0 Å². The Labute approximate surface area is 253 Å². The first-order chi connectivity index (χ1) is 20.8. The van der Waals surface area contributed by atoms with Crippen LogP contribution in [0.25, 0.3) is 11.1 Å². The second-order valence-corrected chi connectivity index (χ2v) is 11.3. The largest absolute Gasteiger partial charge is 0.475 e. The van der Waals surface area contributed by atoms with Gasteiger partial charge in [-0.3, -0.25) is 14.4 Å². The van der Waals surface area contributed by atoms with Gasteiger partial charge in [-0.2, -0.15) is 13.8 Å². The molecule has 236 valence electrons. The number of halogens is 3. The average molecular weight is 616 g/mol.